The quantitative estimate of drug-likeness (QED) is 0.887. The maximum absolute atomic E-state index is 3.75. The summed E-state index contributed by atoms with van der Waals surface area (Å²) in [6.07, 6.45) is 0. The summed E-state index contributed by atoms with van der Waals surface area (Å²) in [7, 11) is 0. The van der Waals surface area contributed by atoms with Crippen molar-refractivity contribution in [2.75, 3.05) is 11.9 Å². The van der Waals surface area contributed by atoms with Crippen LogP contribution < -0.4 is 5.32 Å². The molecule has 0 radical (unpaired) electrons. The molecule has 70 valence electrons. The molecule has 0 bridgehead atoms. The van der Waals surface area contributed by atoms with Crippen LogP contribution in [0.15, 0.2) is 33.7 Å². The van der Waals surface area contributed by atoms with Crippen molar-refractivity contribution in [3.05, 3.63) is 39.3 Å². The normalized spacial score (nSPS) is 9.77. The van der Waals surface area contributed by atoms with Gasteiger partial charge < -0.3 is 5.32 Å². The fourth-order valence-corrected chi connectivity index (χ4v) is 1.42. The molecule has 0 atom stereocenters. The molecule has 0 unspecified atom stereocenters. The average molecular weight is 305 g/mol. The van der Waals surface area contributed by atoms with E-state index in [0.29, 0.717) is 0 Å². The van der Waals surface area contributed by atoms with Crippen molar-refractivity contribution < 1.29 is 0 Å². The molecule has 0 amide bonds. The fourth-order valence-electron chi connectivity index (χ4n) is 0.901. The van der Waals surface area contributed by atoms with E-state index in [1.165, 1.54) is 5.56 Å². The molecule has 0 spiro atoms. The van der Waals surface area contributed by atoms with Gasteiger partial charge in [-0.1, -0.05) is 44.5 Å². The van der Waals surface area contributed by atoms with E-state index >= 15 is 0 Å². The highest BCUT2D eigenvalue weighted by atomic mass is 79.9. The first-order valence-corrected chi connectivity index (χ1v) is 5.51. The zero-order valence-electron chi connectivity index (χ0n) is 7.40. The predicted octanol–water partition coefficient (Wildman–Crippen LogP) is 4.08. The van der Waals surface area contributed by atoms with E-state index in [1.54, 1.807) is 0 Å². The second kappa shape index (κ2) is 4.82. The summed E-state index contributed by atoms with van der Waals surface area (Å²) in [6, 6.07) is 6.19. The number of benzene rings is 1. The van der Waals surface area contributed by atoms with Gasteiger partial charge in [0.15, 0.2) is 0 Å². The molecule has 0 fully saturated rings. The molecule has 1 N–H and O–H groups in total. The zero-order chi connectivity index (χ0) is 9.84. The molecule has 0 aliphatic rings. The van der Waals surface area contributed by atoms with Crippen molar-refractivity contribution in [3.8, 4) is 0 Å². The Bertz CT molecular complexity index is 321. The van der Waals surface area contributed by atoms with Gasteiger partial charge in [-0.3, -0.25) is 0 Å². The smallest absolute Gasteiger partial charge is 0.0460 e. The van der Waals surface area contributed by atoms with Crippen LogP contribution in [-0.2, 0) is 0 Å². The van der Waals surface area contributed by atoms with Gasteiger partial charge in [0.2, 0.25) is 0 Å². The van der Waals surface area contributed by atoms with E-state index in [1.807, 2.05) is 0 Å². The van der Waals surface area contributed by atoms with Crippen LogP contribution in [0.1, 0.15) is 5.56 Å². The standard InChI is InChI=1S/C10H11Br2N/c1-7-3-4-9(5-10(7)12)13-6-8(2)11/h3-5,13H,2,6H2,1H3. The molecule has 1 aromatic carbocycles. The second-order valence-corrected chi connectivity index (χ2v) is 4.81. The zero-order valence-corrected chi connectivity index (χ0v) is 10.6. The number of rotatable bonds is 3. The Morgan fingerprint density at radius 3 is 2.77 bits per heavy atom. The monoisotopic (exact) mass is 303 g/mol. The lowest BCUT2D eigenvalue weighted by Gasteiger charge is -2.06. The largest absolute Gasteiger partial charge is 0.380 e. The summed E-state index contributed by atoms with van der Waals surface area (Å²) in [4.78, 5) is 0. The lowest BCUT2D eigenvalue weighted by molar-refractivity contribution is 1.31. The average Bonchev–Trinajstić information content (AvgIpc) is 2.07. The van der Waals surface area contributed by atoms with Gasteiger partial charge >= 0.3 is 0 Å². The van der Waals surface area contributed by atoms with Gasteiger partial charge in [0.05, 0.1) is 0 Å². The Balaban J connectivity index is 2.68. The Labute approximate surface area is 95.5 Å². The van der Waals surface area contributed by atoms with Crippen LogP contribution in [0.3, 0.4) is 0 Å². The maximum Gasteiger partial charge on any atom is 0.0460 e. The molecular formula is C10H11Br2N. The van der Waals surface area contributed by atoms with Gasteiger partial charge in [0.1, 0.15) is 0 Å². The minimum absolute atomic E-state index is 0.746. The molecule has 13 heavy (non-hydrogen) atoms. The maximum atomic E-state index is 3.75. The Kier molecular flexibility index (Phi) is 4.00. The van der Waals surface area contributed by atoms with Crippen LogP contribution in [-0.4, -0.2) is 6.54 Å². The van der Waals surface area contributed by atoms with Gasteiger partial charge in [0, 0.05) is 21.2 Å². The fraction of sp³-hybridized carbons (Fsp3) is 0.200. The number of anilines is 1. The van der Waals surface area contributed by atoms with E-state index in [0.717, 1.165) is 21.2 Å². The van der Waals surface area contributed by atoms with Gasteiger partial charge in [-0.25, -0.2) is 0 Å². The summed E-state index contributed by atoms with van der Waals surface area (Å²) < 4.78 is 2.07. The van der Waals surface area contributed by atoms with Gasteiger partial charge in [-0.15, -0.1) is 0 Å². The Morgan fingerprint density at radius 1 is 1.54 bits per heavy atom. The number of hydrogen-bond donors (Lipinski definition) is 1. The lowest BCUT2D eigenvalue weighted by Crippen LogP contribution is -2.00. The molecule has 0 aromatic heterocycles. The third-order valence-electron chi connectivity index (χ3n) is 1.66. The van der Waals surface area contributed by atoms with E-state index < -0.39 is 0 Å². The van der Waals surface area contributed by atoms with Crippen LogP contribution in [0.25, 0.3) is 0 Å². The highest BCUT2D eigenvalue weighted by Crippen LogP contribution is 2.20. The van der Waals surface area contributed by atoms with Crippen molar-refractivity contribution in [2.24, 2.45) is 0 Å². The van der Waals surface area contributed by atoms with E-state index in [2.05, 4.69) is 68.9 Å². The molecule has 0 aliphatic carbocycles. The van der Waals surface area contributed by atoms with E-state index in [9.17, 15) is 0 Å². The summed E-state index contributed by atoms with van der Waals surface area (Å²) in [5.74, 6) is 0. The van der Waals surface area contributed by atoms with Crippen LogP contribution in [0.4, 0.5) is 5.69 Å². The first-order chi connectivity index (χ1) is 6.09. The molecule has 0 heterocycles. The molecular weight excluding hydrogens is 294 g/mol. The van der Waals surface area contributed by atoms with Crippen molar-refractivity contribution in [3.63, 3.8) is 0 Å². The van der Waals surface area contributed by atoms with Gasteiger partial charge in [0.25, 0.3) is 0 Å². The number of aryl methyl sites for hydroxylation is 1. The predicted molar refractivity (Wildman–Crippen MR) is 65.4 cm³/mol. The first kappa shape index (κ1) is 10.8. The molecule has 0 aliphatic heterocycles. The summed E-state index contributed by atoms with van der Waals surface area (Å²) in [5, 5.41) is 3.24. The van der Waals surface area contributed by atoms with Crippen LogP contribution in [0.2, 0.25) is 0 Å². The van der Waals surface area contributed by atoms with Crippen molar-refractivity contribution >= 4 is 37.5 Å². The lowest BCUT2D eigenvalue weighted by atomic mass is 10.2. The molecule has 1 nitrogen and oxygen atoms in total. The van der Waals surface area contributed by atoms with Gasteiger partial charge in [-0.05, 0) is 24.6 Å². The highest BCUT2D eigenvalue weighted by molar-refractivity contribution is 9.11. The minimum Gasteiger partial charge on any atom is -0.380 e. The molecule has 1 rings (SSSR count). The molecule has 0 saturated carbocycles. The van der Waals surface area contributed by atoms with Crippen molar-refractivity contribution in [1.82, 2.24) is 0 Å². The molecule has 1 aromatic rings. The summed E-state index contributed by atoms with van der Waals surface area (Å²) >= 11 is 6.78. The van der Waals surface area contributed by atoms with Crippen LogP contribution >= 0.6 is 31.9 Å². The number of hydrogen-bond acceptors (Lipinski definition) is 1. The SMILES string of the molecule is C=C(Br)CNc1ccc(C)c(Br)c1. The topological polar surface area (TPSA) is 12.0 Å². The molecule has 0 saturated heterocycles. The summed E-state index contributed by atoms with van der Waals surface area (Å²) in [6.45, 7) is 6.56. The second-order valence-electron chi connectivity index (χ2n) is 2.83. The van der Waals surface area contributed by atoms with Crippen LogP contribution in [0, 0.1) is 6.92 Å². The van der Waals surface area contributed by atoms with Gasteiger partial charge in [-0.2, -0.15) is 0 Å². The van der Waals surface area contributed by atoms with Crippen molar-refractivity contribution in [1.29, 1.82) is 0 Å². The third-order valence-corrected chi connectivity index (χ3v) is 2.79. The number of halogens is 2. The van der Waals surface area contributed by atoms with Crippen molar-refractivity contribution in [2.45, 2.75) is 6.92 Å². The van der Waals surface area contributed by atoms with Crippen LogP contribution in [0.5, 0.6) is 0 Å². The highest BCUT2D eigenvalue weighted by Gasteiger charge is 1.96. The van der Waals surface area contributed by atoms with E-state index in [4.69, 9.17) is 0 Å². The Hall–Kier alpha value is -0.280. The minimum atomic E-state index is 0.746. The molecule has 3 heteroatoms. The number of nitrogens with one attached hydrogen (secondary N) is 1. The van der Waals surface area contributed by atoms with E-state index in [-0.39, 0.29) is 0 Å². The third kappa shape index (κ3) is 3.53. The summed E-state index contributed by atoms with van der Waals surface area (Å²) in [5.41, 5.74) is 2.33. The first-order valence-electron chi connectivity index (χ1n) is 3.93. The Morgan fingerprint density at radius 2 is 2.23 bits per heavy atom.